The number of nitrogen functional groups attached to an aromatic ring is 1. The number of hydrogen-bond acceptors (Lipinski definition) is 3. The van der Waals surface area contributed by atoms with E-state index in [-0.39, 0.29) is 5.91 Å². The second-order valence-electron chi connectivity index (χ2n) is 3.99. The van der Waals surface area contributed by atoms with Crippen molar-refractivity contribution in [2.75, 3.05) is 12.8 Å². The zero-order chi connectivity index (χ0) is 13.1. The van der Waals surface area contributed by atoms with E-state index < -0.39 is 0 Å². The first kappa shape index (κ1) is 12.4. The SMILES string of the molecule is CN(Cc1ccc(Cl)cc1)C(=O)c1cc(N)n[nH]1. The van der Waals surface area contributed by atoms with E-state index in [4.69, 9.17) is 17.3 Å². The van der Waals surface area contributed by atoms with Crippen LogP contribution in [0.4, 0.5) is 5.82 Å². The average molecular weight is 265 g/mol. The molecule has 1 heterocycles. The number of halogens is 1. The number of H-pyrrole nitrogens is 1. The Bertz CT molecular complexity index is 549. The highest BCUT2D eigenvalue weighted by Crippen LogP contribution is 2.12. The minimum absolute atomic E-state index is 0.158. The van der Waals surface area contributed by atoms with Gasteiger partial charge in [0.15, 0.2) is 0 Å². The van der Waals surface area contributed by atoms with E-state index in [9.17, 15) is 4.79 Å². The Hall–Kier alpha value is -2.01. The molecule has 1 amide bonds. The molecule has 94 valence electrons. The molecule has 0 unspecified atom stereocenters. The summed E-state index contributed by atoms with van der Waals surface area (Å²) >= 11 is 5.80. The number of rotatable bonds is 3. The van der Waals surface area contributed by atoms with Gasteiger partial charge in [-0.1, -0.05) is 23.7 Å². The minimum atomic E-state index is -0.158. The minimum Gasteiger partial charge on any atom is -0.382 e. The average Bonchev–Trinajstić information content (AvgIpc) is 2.78. The fraction of sp³-hybridized carbons (Fsp3) is 0.167. The Balaban J connectivity index is 2.05. The number of carbonyl (C=O) groups excluding carboxylic acids is 1. The summed E-state index contributed by atoms with van der Waals surface area (Å²) in [6, 6.07) is 8.87. The molecule has 0 aliphatic heterocycles. The standard InChI is InChI=1S/C12H13ClN4O/c1-17(7-8-2-4-9(13)5-3-8)12(18)10-6-11(14)16-15-10/h2-6H,7H2,1H3,(H3,14,15,16). The molecule has 6 heteroatoms. The van der Waals surface area contributed by atoms with Crippen LogP contribution in [0.1, 0.15) is 16.1 Å². The zero-order valence-corrected chi connectivity index (χ0v) is 10.6. The van der Waals surface area contributed by atoms with Crippen molar-refractivity contribution in [1.82, 2.24) is 15.1 Å². The van der Waals surface area contributed by atoms with Gasteiger partial charge in [-0.2, -0.15) is 5.10 Å². The Labute approximate surface area is 110 Å². The number of anilines is 1. The normalized spacial score (nSPS) is 10.3. The number of carbonyl (C=O) groups is 1. The number of nitrogens with zero attached hydrogens (tertiary/aromatic N) is 2. The third-order valence-corrected chi connectivity index (χ3v) is 2.76. The molecule has 1 aromatic carbocycles. The lowest BCUT2D eigenvalue weighted by atomic mass is 10.2. The molecule has 0 radical (unpaired) electrons. The maximum absolute atomic E-state index is 12.0. The van der Waals surface area contributed by atoms with Gasteiger partial charge in [-0.3, -0.25) is 9.89 Å². The van der Waals surface area contributed by atoms with Crippen molar-refractivity contribution >= 4 is 23.3 Å². The van der Waals surface area contributed by atoms with E-state index in [1.165, 1.54) is 6.07 Å². The van der Waals surface area contributed by atoms with E-state index >= 15 is 0 Å². The highest BCUT2D eigenvalue weighted by Gasteiger charge is 2.14. The number of amides is 1. The molecular formula is C12H13ClN4O. The van der Waals surface area contributed by atoms with Gasteiger partial charge >= 0.3 is 0 Å². The molecule has 0 fully saturated rings. The molecule has 0 aliphatic carbocycles. The molecule has 2 aromatic rings. The molecule has 0 aliphatic rings. The van der Waals surface area contributed by atoms with E-state index in [2.05, 4.69) is 10.2 Å². The second kappa shape index (κ2) is 5.10. The third kappa shape index (κ3) is 2.81. The lowest BCUT2D eigenvalue weighted by Crippen LogP contribution is -2.26. The van der Waals surface area contributed by atoms with Crippen molar-refractivity contribution in [2.45, 2.75) is 6.54 Å². The lowest BCUT2D eigenvalue weighted by Gasteiger charge is -2.16. The van der Waals surface area contributed by atoms with Crippen LogP contribution in [0.5, 0.6) is 0 Å². The molecule has 5 nitrogen and oxygen atoms in total. The molecule has 0 bridgehead atoms. The van der Waals surface area contributed by atoms with Crippen LogP contribution in [0.3, 0.4) is 0 Å². The first-order chi connectivity index (χ1) is 8.56. The van der Waals surface area contributed by atoms with Crippen molar-refractivity contribution < 1.29 is 4.79 Å². The van der Waals surface area contributed by atoms with E-state index in [1.54, 1.807) is 24.1 Å². The number of nitrogens with two attached hydrogens (primary N) is 1. The summed E-state index contributed by atoms with van der Waals surface area (Å²) in [6.45, 7) is 0.495. The predicted octanol–water partition coefficient (Wildman–Crippen LogP) is 1.92. The molecule has 18 heavy (non-hydrogen) atoms. The van der Waals surface area contributed by atoms with Gasteiger partial charge in [0.05, 0.1) is 0 Å². The maximum Gasteiger partial charge on any atom is 0.271 e. The van der Waals surface area contributed by atoms with Crippen LogP contribution < -0.4 is 5.73 Å². The largest absolute Gasteiger partial charge is 0.382 e. The summed E-state index contributed by atoms with van der Waals surface area (Å²) in [4.78, 5) is 13.6. The summed E-state index contributed by atoms with van der Waals surface area (Å²) in [6.07, 6.45) is 0. The fourth-order valence-electron chi connectivity index (χ4n) is 1.59. The maximum atomic E-state index is 12.0. The van der Waals surface area contributed by atoms with E-state index in [0.717, 1.165) is 5.56 Å². The van der Waals surface area contributed by atoms with Crippen LogP contribution in [-0.2, 0) is 6.54 Å². The molecule has 0 saturated carbocycles. The molecule has 3 N–H and O–H groups in total. The predicted molar refractivity (Wildman–Crippen MR) is 70.2 cm³/mol. The molecule has 0 saturated heterocycles. The Morgan fingerprint density at radius 1 is 1.44 bits per heavy atom. The van der Waals surface area contributed by atoms with Crippen molar-refractivity contribution in [3.63, 3.8) is 0 Å². The quantitative estimate of drug-likeness (QED) is 0.889. The number of hydrogen-bond donors (Lipinski definition) is 2. The van der Waals surface area contributed by atoms with Gasteiger partial charge in [0.25, 0.3) is 5.91 Å². The molecule has 0 spiro atoms. The summed E-state index contributed by atoms with van der Waals surface area (Å²) < 4.78 is 0. The topological polar surface area (TPSA) is 75.0 Å². The highest BCUT2D eigenvalue weighted by molar-refractivity contribution is 6.30. The highest BCUT2D eigenvalue weighted by atomic mass is 35.5. The summed E-state index contributed by atoms with van der Waals surface area (Å²) in [5, 5.41) is 7.00. The van der Waals surface area contributed by atoms with Crippen molar-refractivity contribution in [3.8, 4) is 0 Å². The van der Waals surface area contributed by atoms with Gasteiger partial charge in [-0.25, -0.2) is 0 Å². The third-order valence-electron chi connectivity index (χ3n) is 2.51. The summed E-state index contributed by atoms with van der Waals surface area (Å²) in [5.41, 5.74) is 6.84. The first-order valence-corrected chi connectivity index (χ1v) is 5.75. The second-order valence-corrected chi connectivity index (χ2v) is 4.43. The van der Waals surface area contributed by atoms with Crippen LogP contribution >= 0.6 is 11.6 Å². The van der Waals surface area contributed by atoms with E-state index in [1.807, 2.05) is 12.1 Å². The smallest absolute Gasteiger partial charge is 0.271 e. The first-order valence-electron chi connectivity index (χ1n) is 5.37. The van der Waals surface area contributed by atoms with Gasteiger partial charge < -0.3 is 10.6 Å². The van der Waals surface area contributed by atoms with Crippen molar-refractivity contribution in [2.24, 2.45) is 0 Å². The van der Waals surface area contributed by atoms with Gasteiger partial charge in [0.2, 0.25) is 0 Å². The van der Waals surface area contributed by atoms with Crippen LogP contribution in [0.2, 0.25) is 5.02 Å². The van der Waals surface area contributed by atoms with Crippen LogP contribution in [0.15, 0.2) is 30.3 Å². The van der Waals surface area contributed by atoms with E-state index in [0.29, 0.717) is 23.1 Å². The van der Waals surface area contributed by atoms with Crippen molar-refractivity contribution in [1.29, 1.82) is 0 Å². The monoisotopic (exact) mass is 264 g/mol. The lowest BCUT2D eigenvalue weighted by molar-refractivity contribution is 0.0779. The molecule has 0 atom stereocenters. The van der Waals surface area contributed by atoms with Crippen molar-refractivity contribution in [3.05, 3.63) is 46.6 Å². The Morgan fingerprint density at radius 2 is 2.11 bits per heavy atom. The number of benzene rings is 1. The van der Waals surface area contributed by atoms with Gasteiger partial charge in [0, 0.05) is 24.7 Å². The number of nitrogens with one attached hydrogen (secondary N) is 1. The van der Waals surface area contributed by atoms with Gasteiger partial charge in [0.1, 0.15) is 11.5 Å². The Kier molecular flexibility index (Phi) is 3.53. The number of aromatic amines is 1. The Morgan fingerprint density at radius 3 is 2.67 bits per heavy atom. The molecule has 1 aromatic heterocycles. The number of aromatic nitrogens is 2. The van der Waals surface area contributed by atoms with Gasteiger partial charge in [-0.15, -0.1) is 0 Å². The fourth-order valence-corrected chi connectivity index (χ4v) is 1.71. The van der Waals surface area contributed by atoms with Gasteiger partial charge in [-0.05, 0) is 17.7 Å². The molecular weight excluding hydrogens is 252 g/mol. The zero-order valence-electron chi connectivity index (χ0n) is 9.85. The van der Waals surface area contributed by atoms with Crippen LogP contribution in [0.25, 0.3) is 0 Å². The van der Waals surface area contributed by atoms with Crippen LogP contribution in [-0.4, -0.2) is 28.1 Å². The molecule has 2 rings (SSSR count). The summed E-state index contributed by atoms with van der Waals surface area (Å²) in [5.74, 6) is 0.146. The summed E-state index contributed by atoms with van der Waals surface area (Å²) in [7, 11) is 1.72. The van der Waals surface area contributed by atoms with Crippen LogP contribution in [0, 0.1) is 0 Å².